The van der Waals surface area contributed by atoms with E-state index in [9.17, 15) is 14.4 Å². The van der Waals surface area contributed by atoms with Crippen molar-refractivity contribution in [1.82, 2.24) is 12.3 Å². The minimum atomic E-state index is -4.97. The molecule has 8 N–H and O–H groups in total. The molecule has 0 aliphatic heterocycles. The van der Waals surface area contributed by atoms with Gasteiger partial charge in [-0.15, -0.1) is 0 Å². The largest absolute Gasteiger partial charge is 0.780 e. The maximum absolute atomic E-state index is 10.4. The average Bonchev–Trinajstić information content (AvgIpc) is 2.15. The zero-order valence-electron chi connectivity index (χ0n) is 9.62. The zero-order chi connectivity index (χ0) is 10.9. The molecule has 2 aromatic carbocycles. The van der Waals surface area contributed by atoms with Gasteiger partial charge in [0.05, 0.1) is 0 Å². The molecule has 94 valence electrons. The van der Waals surface area contributed by atoms with E-state index in [2.05, 4.69) is 4.52 Å². The van der Waals surface area contributed by atoms with Crippen LogP contribution in [0.15, 0.2) is 42.5 Å². The molecule has 0 spiro atoms. The molecule has 7 heteroatoms. The van der Waals surface area contributed by atoms with Crippen molar-refractivity contribution < 1.29 is 18.9 Å². The van der Waals surface area contributed by atoms with E-state index in [1.807, 2.05) is 24.3 Å². The molecule has 0 aliphatic carbocycles. The van der Waals surface area contributed by atoms with Crippen molar-refractivity contribution in [3.8, 4) is 5.75 Å². The second-order valence-corrected chi connectivity index (χ2v) is 4.12. The SMILES string of the molecule is O=P([O-])([O-])Oc1ccc2ccccc2c1.[NH4+].[NH4+]. The van der Waals surface area contributed by atoms with Crippen LogP contribution in [-0.2, 0) is 4.57 Å². The molecule has 0 saturated heterocycles. The van der Waals surface area contributed by atoms with Crippen molar-refractivity contribution in [3.05, 3.63) is 42.5 Å². The van der Waals surface area contributed by atoms with Gasteiger partial charge in [-0.1, -0.05) is 30.3 Å². The highest BCUT2D eigenvalue weighted by atomic mass is 31.2. The molecule has 2 aromatic rings. The van der Waals surface area contributed by atoms with Crippen LogP contribution < -0.4 is 26.6 Å². The van der Waals surface area contributed by atoms with Crippen molar-refractivity contribution >= 4 is 18.6 Å². The lowest BCUT2D eigenvalue weighted by atomic mass is 10.1. The fourth-order valence-corrected chi connectivity index (χ4v) is 1.73. The summed E-state index contributed by atoms with van der Waals surface area (Å²) in [6, 6.07) is 12.0. The van der Waals surface area contributed by atoms with Crippen LogP contribution in [0.2, 0.25) is 0 Å². The molecule has 0 saturated carbocycles. The number of rotatable bonds is 2. The fourth-order valence-electron chi connectivity index (χ4n) is 1.35. The fraction of sp³-hybridized carbons (Fsp3) is 0. The number of fused-ring (bicyclic) bond motifs is 1. The van der Waals surface area contributed by atoms with Crippen molar-refractivity contribution in [2.75, 3.05) is 0 Å². The molecule has 0 unspecified atom stereocenters. The van der Waals surface area contributed by atoms with Crippen LogP contribution in [0.3, 0.4) is 0 Å². The second-order valence-electron chi connectivity index (χ2n) is 3.05. The van der Waals surface area contributed by atoms with Gasteiger partial charge in [-0.3, -0.25) is 0 Å². The Morgan fingerprint density at radius 1 is 0.941 bits per heavy atom. The molecule has 0 aliphatic rings. The molecule has 0 aromatic heterocycles. The third-order valence-corrected chi connectivity index (χ3v) is 2.37. The van der Waals surface area contributed by atoms with Crippen LogP contribution in [0.4, 0.5) is 0 Å². The highest BCUT2D eigenvalue weighted by Gasteiger charge is 1.98. The van der Waals surface area contributed by atoms with Crippen LogP contribution in [0.25, 0.3) is 10.8 Å². The molecule has 2 rings (SSSR count). The van der Waals surface area contributed by atoms with Crippen LogP contribution in [0.1, 0.15) is 0 Å². The Bertz CT molecular complexity index is 541. The number of phosphoric ester groups is 1. The van der Waals surface area contributed by atoms with Crippen LogP contribution >= 0.6 is 7.82 Å². The van der Waals surface area contributed by atoms with E-state index in [4.69, 9.17) is 0 Å². The van der Waals surface area contributed by atoms with E-state index in [0.717, 1.165) is 10.8 Å². The third-order valence-electron chi connectivity index (χ3n) is 1.94. The average molecular weight is 258 g/mol. The van der Waals surface area contributed by atoms with Gasteiger partial charge < -0.3 is 31.2 Å². The summed E-state index contributed by atoms with van der Waals surface area (Å²) in [5.41, 5.74) is 0. The first kappa shape index (κ1) is 15.6. The van der Waals surface area contributed by atoms with Gasteiger partial charge in [0, 0.05) is 0 Å². The quantitative estimate of drug-likeness (QED) is 0.790. The lowest BCUT2D eigenvalue weighted by Gasteiger charge is -2.29. The highest BCUT2D eigenvalue weighted by Crippen LogP contribution is 2.30. The van der Waals surface area contributed by atoms with Gasteiger partial charge in [-0.25, -0.2) is 0 Å². The van der Waals surface area contributed by atoms with Gasteiger partial charge in [0.15, 0.2) is 0 Å². The summed E-state index contributed by atoms with van der Waals surface area (Å²) < 4.78 is 14.6. The summed E-state index contributed by atoms with van der Waals surface area (Å²) in [7, 11) is -4.97. The second kappa shape index (κ2) is 5.77. The minimum absolute atomic E-state index is 0. The molecule has 0 bridgehead atoms. The number of phosphoric acid groups is 1. The molecular weight excluding hydrogens is 243 g/mol. The predicted octanol–water partition coefficient (Wildman–Crippen LogP) is 1.80. The standard InChI is InChI=1S/C10H9O4P.2H3N/c11-15(12,13)14-10-6-5-8-3-1-2-4-9(8)7-10;;/h1-7H,(H2,11,12,13);2*1H3. The van der Waals surface area contributed by atoms with Gasteiger partial charge in [-0.2, -0.15) is 0 Å². The highest BCUT2D eigenvalue weighted by molar-refractivity contribution is 7.43. The van der Waals surface area contributed by atoms with E-state index in [1.165, 1.54) is 12.1 Å². The third kappa shape index (κ3) is 4.14. The molecule has 17 heavy (non-hydrogen) atoms. The maximum Gasteiger partial charge on any atom is 0.124 e. The predicted molar refractivity (Wildman–Crippen MR) is 64.2 cm³/mol. The monoisotopic (exact) mass is 258 g/mol. The Kier molecular flexibility index (Phi) is 5.28. The van der Waals surface area contributed by atoms with Gasteiger partial charge in [0.25, 0.3) is 0 Å². The number of hydrogen-bond donors (Lipinski definition) is 2. The van der Waals surface area contributed by atoms with Crippen LogP contribution in [0.5, 0.6) is 5.75 Å². The Labute approximate surface area is 98.6 Å². The Morgan fingerprint density at radius 2 is 1.53 bits per heavy atom. The molecule has 0 fully saturated rings. The van der Waals surface area contributed by atoms with Crippen LogP contribution in [-0.4, -0.2) is 0 Å². The number of hydrogen-bond acceptors (Lipinski definition) is 4. The van der Waals surface area contributed by atoms with Gasteiger partial charge in [0.1, 0.15) is 13.6 Å². The Morgan fingerprint density at radius 3 is 2.12 bits per heavy atom. The summed E-state index contributed by atoms with van der Waals surface area (Å²) in [5, 5.41) is 1.78. The minimum Gasteiger partial charge on any atom is -0.780 e. The summed E-state index contributed by atoms with van der Waals surface area (Å²) >= 11 is 0. The molecule has 0 amide bonds. The molecule has 0 atom stereocenters. The van der Waals surface area contributed by atoms with Gasteiger partial charge in [-0.05, 0) is 22.9 Å². The lowest BCUT2D eigenvalue weighted by Crippen LogP contribution is -2.18. The summed E-state index contributed by atoms with van der Waals surface area (Å²) in [6.45, 7) is 0. The Balaban J connectivity index is 0.00000128. The van der Waals surface area contributed by atoms with E-state index < -0.39 is 7.82 Å². The van der Waals surface area contributed by atoms with Gasteiger partial charge >= 0.3 is 0 Å². The molecule has 0 radical (unpaired) electrons. The zero-order valence-corrected chi connectivity index (χ0v) is 10.5. The van der Waals surface area contributed by atoms with E-state index in [1.54, 1.807) is 6.07 Å². The number of quaternary nitrogens is 2. The van der Waals surface area contributed by atoms with Crippen molar-refractivity contribution in [2.45, 2.75) is 0 Å². The first-order valence-corrected chi connectivity index (χ1v) is 5.71. The Hall–Kier alpha value is -1.43. The van der Waals surface area contributed by atoms with E-state index in [0.29, 0.717) is 0 Å². The molecular formula is C10H15N2O4P. The molecule has 0 heterocycles. The maximum atomic E-state index is 10.4. The summed E-state index contributed by atoms with van der Waals surface area (Å²) in [4.78, 5) is 20.8. The lowest BCUT2D eigenvalue weighted by molar-refractivity contribution is -0.333. The van der Waals surface area contributed by atoms with E-state index >= 15 is 0 Å². The van der Waals surface area contributed by atoms with Crippen molar-refractivity contribution in [2.24, 2.45) is 0 Å². The first-order valence-electron chi connectivity index (χ1n) is 4.25. The van der Waals surface area contributed by atoms with Crippen molar-refractivity contribution in [1.29, 1.82) is 0 Å². The topological polar surface area (TPSA) is 145 Å². The van der Waals surface area contributed by atoms with Crippen LogP contribution in [0, 0.1) is 0 Å². The number of benzene rings is 2. The summed E-state index contributed by atoms with van der Waals surface area (Å²) in [6.07, 6.45) is 0. The smallest absolute Gasteiger partial charge is 0.124 e. The van der Waals surface area contributed by atoms with Crippen molar-refractivity contribution in [3.63, 3.8) is 0 Å². The van der Waals surface area contributed by atoms with Gasteiger partial charge in [0.2, 0.25) is 0 Å². The first-order chi connectivity index (χ1) is 7.04. The summed E-state index contributed by atoms with van der Waals surface area (Å²) in [5.74, 6) is 0.0435. The molecule has 6 nitrogen and oxygen atoms in total. The normalized spacial score (nSPS) is 10.2. The van der Waals surface area contributed by atoms with E-state index in [-0.39, 0.29) is 18.1 Å².